The molecule has 0 bridgehead atoms. The molecule has 0 N–H and O–H groups in total. The molecule has 1 aromatic rings. The first-order chi connectivity index (χ1) is 15.4. The molecule has 1 unspecified atom stereocenters. The Balaban J connectivity index is 1.31. The van der Waals surface area contributed by atoms with Crippen molar-refractivity contribution in [2.75, 3.05) is 7.05 Å². The van der Waals surface area contributed by atoms with E-state index in [9.17, 15) is 4.79 Å². The lowest BCUT2D eigenvalue weighted by atomic mass is 9.47. The predicted octanol–water partition coefficient (Wildman–Crippen LogP) is 6.17. The van der Waals surface area contributed by atoms with Crippen molar-refractivity contribution >= 4 is 17.7 Å². The van der Waals surface area contributed by atoms with E-state index in [1.54, 1.807) is 0 Å². The van der Waals surface area contributed by atoms with Crippen LogP contribution >= 0.6 is 11.8 Å². The molecule has 3 nitrogen and oxygen atoms in total. The van der Waals surface area contributed by atoms with Crippen molar-refractivity contribution in [2.45, 2.75) is 100 Å². The first-order valence-corrected chi connectivity index (χ1v) is 13.9. The summed E-state index contributed by atoms with van der Waals surface area (Å²) in [6, 6.07) is 11.2. The highest BCUT2D eigenvalue weighted by atomic mass is 32.2. The van der Waals surface area contributed by atoms with Crippen LogP contribution in [-0.4, -0.2) is 41.4 Å². The molecule has 5 aliphatic rings. The Morgan fingerprint density at radius 1 is 0.969 bits per heavy atom. The maximum atomic E-state index is 13.0. The van der Waals surface area contributed by atoms with Gasteiger partial charge in [-0.1, -0.05) is 32.0 Å². The number of amides is 1. The van der Waals surface area contributed by atoms with Crippen molar-refractivity contribution in [1.29, 1.82) is 0 Å². The van der Waals surface area contributed by atoms with Crippen LogP contribution in [0, 0.1) is 28.6 Å². The molecule has 0 aromatic heterocycles. The third-order valence-electron chi connectivity index (χ3n) is 10.5. The van der Waals surface area contributed by atoms with E-state index in [4.69, 9.17) is 4.74 Å². The maximum Gasteiger partial charge on any atom is 0.223 e. The number of rotatable bonds is 4. The number of nitrogens with zero attached hydrogens (tertiary/aromatic N) is 1. The molecule has 1 heterocycles. The molecule has 6 rings (SSSR count). The number of carbonyl (C=O) groups is 1. The Kier molecular flexibility index (Phi) is 5.22. The lowest BCUT2D eigenvalue weighted by molar-refractivity contribution is -0.160. The molecule has 4 heteroatoms. The lowest BCUT2D eigenvalue weighted by Gasteiger charge is -2.63. The summed E-state index contributed by atoms with van der Waals surface area (Å²) in [7, 11) is 2.08. The minimum absolute atomic E-state index is 0.183. The fourth-order valence-corrected chi connectivity index (χ4v) is 10.0. The second-order valence-electron chi connectivity index (χ2n) is 11.9. The van der Waals surface area contributed by atoms with Crippen molar-refractivity contribution < 1.29 is 9.53 Å². The van der Waals surface area contributed by atoms with Gasteiger partial charge in [-0.15, -0.1) is 11.8 Å². The Labute approximate surface area is 198 Å². The summed E-state index contributed by atoms with van der Waals surface area (Å²) in [5, 5.41) is 0.371. The maximum absolute atomic E-state index is 13.0. The topological polar surface area (TPSA) is 29.5 Å². The summed E-state index contributed by atoms with van der Waals surface area (Å²) < 4.78 is 6.58. The van der Waals surface area contributed by atoms with Crippen molar-refractivity contribution in [3.8, 4) is 0 Å². The molecule has 8 atom stereocenters. The Morgan fingerprint density at radius 3 is 2.50 bits per heavy atom. The predicted molar refractivity (Wildman–Crippen MR) is 130 cm³/mol. The number of benzene rings is 1. The first-order valence-electron chi connectivity index (χ1n) is 13.0. The summed E-state index contributed by atoms with van der Waals surface area (Å²) >= 11 is 1.98. The smallest absolute Gasteiger partial charge is 0.223 e. The average Bonchev–Trinajstić information content (AvgIpc) is 3.54. The molecular formula is C28H39NO2S. The van der Waals surface area contributed by atoms with Crippen molar-refractivity contribution in [1.82, 2.24) is 4.90 Å². The second kappa shape index (κ2) is 7.77. The average molecular weight is 454 g/mol. The van der Waals surface area contributed by atoms with Crippen LogP contribution in [0.1, 0.15) is 71.6 Å². The molecule has 0 spiro atoms. The van der Waals surface area contributed by atoms with E-state index in [0.29, 0.717) is 41.2 Å². The van der Waals surface area contributed by atoms with Gasteiger partial charge < -0.3 is 9.64 Å². The minimum atomic E-state index is 0.183. The van der Waals surface area contributed by atoms with Gasteiger partial charge in [0.2, 0.25) is 5.91 Å². The molecular weight excluding hydrogens is 414 g/mol. The molecule has 4 aliphatic carbocycles. The molecule has 4 saturated carbocycles. The summed E-state index contributed by atoms with van der Waals surface area (Å²) in [5.41, 5.74) is 0.550. The largest absolute Gasteiger partial charge is 0.374 e. The van der Waals surface area contributed by atoms with Crippen LogP contribution < -0.4 is 0 Å². The van der Waals surface area contributed by atoms with Gasteiger partial charge >= 0.3 is 0 Å². The summed E-state index contributed by atoms with van der Waals surface area (Å²) in [5.74, 6) is 2.66. The molecule has 1 saturated heterocycles. The van der Waals surface area contributed by atoms with Crippen LogP contribution in [0.25, 0.3) is 0 Å². The molecule has 5 fully saturated rings. The standard InChI is InChI=1S/C28H39NO2S/c1-27-16-15-22-20(21(27)12-14-24(27)31-18-9-10-18)11-13-23-28(22,2)25(17-26(30)29(23)3)32-19-7-5-4-6-8-19/h4-8,18,20-25H,9-17H2,1-3H3/t20-,21-,22-,23+,24-,25?,27-,28+/m0/s1. The third-order valence-corrected chi connectivity index (χ3v) is 12.0. The van der Waals surface area contributed by atoms with E-state index < -0.39 is 0 Å². The third kappa shape index (κ3) is 3.22. The van der Waals surface area contributed by atoms with Crippen LogP contribution in [-0.2, 0) is 9.53 Å². The first kappa shape index (κ1) is 21.5. The highest BCUT2D eigenvalue weighted by Gasteiger charge is 2.64. The van der Waals surface area contributed by atoms with E-state index in [1.807, 2.05) is 11.8 Å². The van der Waals surface area contributed by atoms with Crippen molar-refractivity contribution in [3.63, 3.8) is 0 Å². The Bertz CT molecular complexity index is 871. The summed E-state index contributed by atoms with van der Waals surface area (Å²) in [6.45, 7) is 5.13. The number of hydrogen-bond donors (Lipinski definition) is 0. The summed E-state index contributed by atoms with van der Waals surface area (Å²) in [4.78, 5) is 16.5. The van der Waals surface area contributed by atoms with Gasteiger partial charge in [0.15, 0.2) is 0 Å². The number of carbonyl (C=O) groups excluding carboxylic acids is 1. The number of fused-ring (bicyclic) bond motifs is 5. The summed E-state index contributed by atoms with van der Waals surface area (Å²) in [6.07, 6.45) is 12.0. The van der Waals surface area contributed by atoms with Gasteiger partial charge in [-0.3, -0.25) is 4.79 Å². The zero-order valence-electron chi connectivity index (χ0n) is 20.0. The Morgan fingerprint density at radius 2 is 1.75 bits per heavy atom. The van der Waals surface area contributed by atoms with Gasteiger partial charge in [0, 0.05) is 35.1 Å². The van der Waals surface area contributed by atoms with Crippen molar-refractivity contribution in [2.24, 2.45) is 28.6 Å². The van der Waals surface area contributed by atoms with Gasteiger partial charge in [-0.2, -0.15) is 0 Å². The lowest BCUT2D eigenvalue weighted by Crippen LogP contribution is -2.65. The SMILES string of the molecule is CN1C(=O)CC(Sc2ccccc2)[C@]2(C)[C@H]3CC[C@]4(C)[C@@H](OC5CC5)CC[C@H]4[C@@H]3CC[C@@H]12. The number of thioether (sulfide) groups is 1. The quantitative estimate of drug-likeness (QED) is 0.546. The van der Waals surface area contributed by atoms with E-state index in [-0.39, 0.29) is 5.41 Å². The van der Waals surface area contributed by atoms with Crippen LogP contribution in [0.4, 0.5) is 0 Å². The highest BCUT2D eigenvalue weighted by Crippen LogP contribution is 2.66. The molecule has 1 amide bonds. The Hall–Kier alpha value is -1.00. The zero-order valence-corrected chi connectivity index (χ0v) is 20.8. The number of hydrogen-bond acceptors (Lipinski definition) is 3. The highest BCUT2D eigenvalue weighted by molar-refractivity contribution is 8.00. The van der Waals surface area contributed by atoms with E-state index in [2.05, 4.69) is 56.1 Å². The van der Waals surface area contributed by atoms with Gasteiger partial charge in [0.25, 0.3) is 0 Å². The zero-order chi connectivity index (χ0) is 22.1. The molecule has 1 aliphatic heterocycles. The van der Waals surface area contributed by atoms with Gasteiger partial charge in [0.05, 0.1) is 12.2 Å². The van der Waals surface area contributed by atoms with Crippen LogP contribution in [0.3, 0.4) is 0 Å². The van der Waals surface area contributed by atoms with Crippen LogP contribution in [0.5, 0.6) is 0 Å². The molecule has 1 aromatic carbocycles. The molecule has 0 radical (unpaired) electrons. The molecule has 32 heavy (non-hydrogen) atoms. The van der Waals surface area contributed by atoms with E-state index >= 15 is 0 Å². The normalized spacial score (nSPS) is 45.8. The molecule has 174 valence electrons. The number of likely N-dealkylation sites (tertiary alicyclic amines) is 1. The fourth-order valence-electron chi connectivity index (χ4n) is 8.58. The fraction of sp³-hybridized carbons (Fsp3) is 0.750. The number of piperidine rings is 1. The second-order valence-corrected chi connectivity index (χ2v) is 13.2. The van der Waals surface area contributed by atoms with Crippen LogP contribution in [0.2, 0.25) is 0 Å². The van der Waals surface area contributed by atoms with Gasteiger partial charge in [0.1, 0.15) is 0 Å². The van der Waals surface area contributed by atoms with Gasteiger partial charge in [-0.25, -0.2) is 0 Å². The van der Waals surface area contributed by atoms with Gasteiger partial charge in [-0.05, 0) is 86.7 Å². The van der Waals surface area contributed by atoms with E-state index in [0.717, 1.165) is 17.8 Å². The number of ether oxygens (including phenoxy) is 1. The van der Waals surface area contributed by atoms with E-state index in [1.165, 1.54) is 56.3 Å². The minimum Gasteiger partial charge on any atom is -0.374 e. The van der Waals surface area contributed by atoms with Crippen LogP contribution in [0.15, 0.2) is 35.2 Å². The monoisotopic (exact) mass is 453 g/mol. The van der Waals surface area contributed by atoms with Crippen molar-refractivity contribution in [3.05, 3.63) is 30.3 Å².